The minimum Gasteiger partial charge on any atom is -0.356 e. The fourth-order valence-corrected chi connectivity index (χ4v) is 7.30. The minimum absolute atomic E-state index is 0.261. The van der Waals surface area contributed by atoms with Crippen LogP contribution in [0.5, 0.6) is 0 Å². The Balaban J connectivity index is 0.000000135. The highest BCUT2D eigenvalue weighted by molar-refractivity contribution is 5.75. The average Bonchev–Trinajstić information content (AvgIpc) is 3.80. The van der Waals surface area contributed by atoms with Crippen molar-refractivity contribution in [3.8, 4) is 0 Å². The van der Waals surface area contributed by atoms with Gasteiger partial charge in [0.1, 0.15) is 0 Å². The van der Waals surface area contributed by atoms with Gasteiger partial charge in [0.25, 0.3) is 0 Å². The van der Waals surface area contributed by atoms with Crippen molar-refractivity contribution in [1.82, 2.24) is 49.3 Å². The molecule has 0 unspecified atom stereocenters. The van der Waals surface area contributed by atoms with Gasteiger partial charge in [-0.05, 0) is 56.7 Å². The minimum atomic E-state index is 0.261. The zero-order chi connectivity index (χ0) is 28.1. The van der Waals surface area contributed by atoms with E-state index in [1.54, 1.807) is 6.20 Å². The van der Waals surface area contributed by atoms with Crippen molar-refractivity contribution in [2.24, 2.45) is 11.8 Å². The van der Waals surface area contributed by atoms with E-state index in [2.05, 4.69) is 76.3 Å². The largest absolute Gasteiger partial charge is 0.356 e. The molecule has 0 saturated heterocycles. The second kappa shape index (κ2) is 10.3. The zero-order valence-electron chi connectivity index (χ0n) is 23.6. The number of aromatic nitrogens is 8. The number of carbonyl (C=O) groups is 1. The van der Waals surface area contributed by atoms with Gasteiger partial charge in [-0.2, -0.15) is 0 Å². The topological polar surface area (TPSA) is 133 Å². The molecule has 41 heavy (non-hydrogen) atoms. The van der Waals surface area contributed by atoms with Crippen LogP contribution >= 0.6 is 0 Å². The summed E-state index contributed by atoms with van der Waals surface area (Å²) in [6.45, 7) is 4.59. The lowest BCUT2D eigenvalue weighted by atomic mass is 9.95. The van der Waals surface area contributed by atoms with Crippen molar-refractivity contribution < 1.29 is 4.79 Å². The van der Waals surface area contributed by atoms with Crippen LogP contribution in [0.1, 0.15) is 62.8 Å². The van der Waals surface area contributed by atoms with Gasteiger partial charge >= 0.3 is 0 Å². The van der Waals surface area contributed by atoms with E-state index in [9.17, 15) is 4.79 Å². The Bertz CT molecular complexity index is 1830. The Hall–Kier alpha value is -4.25. The van der Waals surface area contributed by atoms with Gasteiger partial charge in [-0.15, -0.1) is 0 Å². The summed E-state index contributed by atoms with van der Waals surface area (Å²) in [7, 11) is 2.06. The maximum atomic E-state index is 10.7. The van der Waals surface area contributed by atoms with Crippen LogP contribution in [0.25, 0.3) is 33.6 Å². The molecule has 0 bridgehead atoms. The molecule has 2 aliphatic carbocycles. The van der Waals surface area contributed by atoms with E-state index < -0.39 is 0 Å². The van der Waals surface area contributed by atoms with Crippen LogP contribution in [0, 0.1) is 11.8 Å². The molecule has 2 aliphatic rings. The Kier molecular flexibility index (Phi) is 6.45. The van der Waals surface area contributed by atoms with Crippen molar-refractivity contribution in [2.45, 2.75) is 63.5 Å². The van der Waals surface area contributed by atoms with Gasteiger partial charge in [0, 0.05) is 60.1 Å². The second-order valence-corrected chi connectivity index (χ2v) is 11.8. The molecule has 2 saturated carbocycles. The number of imidazole rings is 2. The highest BCUT2D eigenvalue weighted by Gasteiger charge is 2.35. The van der Waals surface area contributed by atoms with Crippen LogP contribution in [-0.2, 0) is 4.79 Å². The molecule has 6 atom stereocenters. The molecular formula is C30H36N10O. The van der Waals surface area contributed by atoms with Crippen molar-refractivity contribution in [3.05, 3.63) is 60.7 Å². The quantitative estimate of drug-likeness (QED) is 0.238. The summed E-state index contributed by atoms with van der Waals surface area (Å²) in [5.41, 5.74) is 8.30. The molecule has 1 amide bonds. The van der Waals surface area contributed by atoms with Gasteiger partial charge < -0.3 is 20.6 Å². The Morgan fingerprint density at radius 1 is 0.756 bits per heavy atom. The summed E-state index contributed by atoms with van der Waals surface area (Å²) in [6.07, 6.45) is 16.7. The number of rotatable bonds is 5. The van der Waals surface area contributed by atoms with E-state index >= 15 is 0 Å². The van der Waals surface area contributed by atoms with Crippen LogP contribution in [0.15, 0.2) is 49.3 Å². The molecule has 0 aliphatic heterocycles. The molecule has 2 fully saturated rings. The molecule has 4 N–H and O–H groups in total. The number of nitrogens with one attached hydrogen (secondary N) is 4. The van der Waals surface area contributed by atoms with Gasteiger partial charge in [0.05, 0.1) is 23.4 Å². The maximum Gasteiger partial charge on any atom is 0.207 e. The second-order valence-electron chi connectivity index (χ2n) is 11.8. The highest BCUT2D eigenvalue weighted by atomic mass is 16.1. The lowest BCUT2D eigenvalue weighted by Gasteiger charge is -2.15. The smallest absolute Gasteiger partial charge is 0.207 e. The molecule has 6 heterocycles. The third-order valence-electron chi connectivity index (χ3n) is 9.38. The monoisotopic (exact) mass is 552 g/mol. The highest BCUT2D eigenvalue weighted by Crippen LogP contribution is 2.41. The number of hydrogen-bond acceptors (Lipinski definition) is 6. The lowest BCUT2D eigenvalue weighted by Crippen LogP contribution is -2.24. The molecule has 8 rings (SSSR count). The third kappa shape index (κ3) is 4.35. The lowest BCUT2D eigenvalue weighted by molar-refractivity contribution is -0.110. The number of amides is 1. The van der Waals surface area contributed by atoms with E-state index in [4.69, 9.17) is 0 Å². The zero-order valence-corrected chi connectivity index (χ0v) is 23.6. The Morgan fingerprint density at radius 2 is 1.27 bits per heavy atom. The average molecular weight is 553 g/mol. The van der Waals surface area contributed by atoms with Crippen LogP contribution < -0.4 is 10.6 Å². The summed E-state index contributed by atoms with van der Waals surface area (Å²) in [4.78, 5) is 34.8. The van der Waals surface area contributed by atoms with Gasteiger partial charge in [0.15, 0.2) is 22.6 Å². The fourth-order valence-electron chi connectivity index (χ4n) is 7.30. The standard InChI is InChI=1S/C15H17N5O.C15H19N5/c1-9-4-10(19-8-21)5-11(9)13-6-17-14-7-18-15-12(20(13)14)2-3-16-15;1-9-5-10(16-2)6-11(9)13-7-18-14-8-19-15-12(20(13)14)3-4-17-15/h2-3,6-11,16H,4-5H2,1H3,(H,19,21);3-4,7-11,16-17H,5-6H2,1-2H3/t2*9-,10+,11+/m11/s1. The molecule has 0 spiro atoms. The van der Waals surface area contributed by atoms with Crippen LogP contribution in [-0.4, -0.2) is 64.2 Å². The van der Waals surface area contributed by atoms with E-state index in [1.165, 1.54) is 24.2 Å². The van der Waals surface area contributed by atoms with Crippen molar-refractivity contribution >= 4 is 40.0 Å². The molecule has 0 radical (unpaired) electrons. The summed E-state index contributed by atoms with van der Waals surface area (Å²) in [5.74, 6) is 2.15. The van der Waals surface area contributed by atoms with E-state index in [1.807, 2.05) is 37.1 Å². The van der Waals surface area contributed by atoms with Crippen LogP contribution in [0.2, 0.25) is 0 Å². The molecule has 11 heteroatoms. The fraction of sp³-hybridized carbons (Fsp3) is 0.433. The number of aromatic amines is 2. The molecule has 212 valence electrons. The SMILES string of the molecule is CN[C@H]1C[C@@H](C)[C@@H](c2cnc3cnc4[nH]ccc4n23)C1.C[C@@H]1C[C@H](NC=O)C[C@@H]1c1cnc2cnc3[nH]ccc3n12. The first-order valence-corrected chi connectivity index (χ1v) is 14.5. The van der Waals surface area contributed by atoms with Crippen molar-refractivity contribution in [2.75, 3.05) is 7.05 Å². The normalized spacial score (nSPS) is 26.2. The Labute approximate surface area is 237 Å². The molecule has 6 aromatic heterocycles. The van der Waals surface area contributed by atoms with Gasteiger partial charge in [-0.3, -0.25) is 13.6 Å². The first-order chi connectivity index (χ1) is 20.1. The predicted molar refractivity (Wildman–Crippen MR) is 158 cm³/mol. The van der Waals surface area contributed by atoms with Crippen molar-refractivity contribution in [3.63, 3.8) is 0 Å². The number of fused-ring (bicyclic) bond motifs is 6. The summed E-state index contributed by atoms with van der Waals surface area (Å²) in [5, 5.41) is 6.34. The number of hydrogen-bond donors (Lipinski definition) is 4. The van der Waals surface area contributed by atoms with Gasteiger partial charge in [-0.1, -0.05) is 13.8 Å². The summed E-state index contributed by atoms with van der Waals surface area (Å²) < 4.78 is 4.45. The molecule has 6 aromatic rings. The number of nitrogens with zero attached hydrogens (tertiary/aromatic N) is 6. The molecular weight excluding hydrogens is 516 g/mol. The Morgan fingerprint density at radius 3 is 1.76 bits per heavy atom. The first-order valence-electron chi connectivity index (χ1n) is 14.5. The van der Waals surface area contributed by atoms with E-state index in [-0.39, 0.29) is 6.04 Å². The van der Waals surface area contributed by atoms with Crippen molar-refractivity contribution in [1.29, 1.82) is 0 Å². The maximum absolute atomic E-state index is 10.7. The molecule has 11 nitrogen and oxygen atoms in total. The third-order valence-corrected chi connectivity index (χ3v) is 9.38. The number of H-pyrrole nitrogens is 2. The first kappa shape index (κ1) is 25.7. The van der Waals surface area contributed by atoms with Crippen LogP contribution in [0.4, 0.5) is 0 Å². The predicted octanol–water partition coefficient (Wildman–Crippen LogP) is 4.15. The van der Waals surface area contributed by atoms with Crippen LogP contribution in [0.3, 0.4) is 0 Å². The van der Waals surface area contributed by atoms with E-state index in [0.717, 1.165) is 52.9 Å². The summed E-state index contributed by atoms with van der Waals surface area (Å²) in [6, 6.07) is 4.98. The summed E-state index contributed by atoms with van der Waals surface area (Å²) >= 11 is 0. The van der Waals surface area contributed by atoms with Gasteiger partial charge in [-0.25, -0.2) is 19.9 Å². The molecule has 0 aromatic carbocycles. The van der Waals surface area contributed by atoms with Gasteiger partial charge in [0.2, 0.25) is 6.41 Å². The van der Waals surface area contributed by atoms with E-state index in [0.29, 0.717) is 29.7 Å². The number of carbonyl (C=O) groups excluding carboxylic acids is 1.